The van der Waals surface area contributed by atoms with E-state index in [4.69, 9.17) is 9.47 Å². The van der Waals surface area contributed by atoms with Crippen LogP contribution in [-0.2, 0) is 6.54 Å². The van der Waals surface area contributed by atoms with Crippen LogP contribution in [0.15, 0.2) is 41.4 Å². The molecule has 0 bridgehead atoms. The molecule has 2 rings (SSSR count). The van der Waals surface area contributed by atoms with Gasteiger partial charge in [-0.3, -0.25) is 0 Å². The molecule has 1 atom stereocenters. The first-order valence-electron chi connectivity index (χ1n) is 8.73. The second kappa shape index (κ2) is 9.66. The summed E-state index contributed by atoms with van der Waals surface area (Å²) in [4.78, 5) is 4.50. The van der Waals surface area contributed by atoms with Crippen molar-refractivity contribution in [3.05, 3.63) is 53.3 Å². The Morgan fingerprint density at radius 2 is 1.93 bits per heavy atom. The van der Waals surface area contributed by atoms with E-state index in [0.29, 0.717) is 23.8 Å². The van der Waals surface area contributed by atoms with Gasteiger partial charge in [0, 0.05) is 12.1 Å². The van der Waals surface area contributed by atoms with Crippen LogP contribution in [0.1, 0.15) is 31.0 Å². The van der Waals surface area contributed by atoms with E-state index in [-0.39, 0.29) is 24.1 Å². The second-order valence-corrected chi connectivity index (χ2v) is 5.92. The Bertz CT molecular complexity index is 796. The lowest BCUT2D eigenvalue weighted by molar-refractivity contribution is 0.370. The van der Waals surface area contributed by atoms with E-state index < -0.39 is 5.82 Å². The highest BCUT2D eigenvalue weighted by Gasteiger charge is 2.12. The van der Waals surface area contributed by atoms with Gasteiger partial charge in [-0.25, -0.2) is 9.38 Å². The fourth-order valence-corrected chi connectivity index (χ4v) is 2.58. The molecule has 2 aromatic rings. The van der Waals surface area contributed by atoms with Crippen LogP contribution in [0.3, 0.4) is 0 Å². The summed E-state index contributed by atoms with van der Waals surface area (Å²) in [6, 6.07) is 9.93. The number of nitrogens with one attached hydrogen (secondary N) is 2. The third-order valence-corrected chi connectivity index (χ3v) is 4.08. The molecule has 1 unspecified atom stereocenters. The van der Waals surface area contributed by atoms with E-state index in [9.17, 15) is 9.50 Å². The van der Waals surface area contributed by atoms with Crippen molar-refractivity contribution in [3.8, 4) is 17.2 Å². The number of phenolic OH excluding ortho intramolecular Hbond substituents is 1. The third-order valence-electron chi connectivity index (χ3n) is 4.08. The molecule has 0 aliphatic heterocycles. The number of hydrogen-bond donors (Lipinski definition) is 3. The molecule has 0 radical (unpaired) electrons. The predicted octanol–water partition coefficient (Wildman–Crippen LogP) is 3.36. The van der Waals surface area contributed by atoms with Crippen LogP contribution >= 0.6 is 0 Å². The zero-order chi connectivity index (χ0) is 19.8. The van der Waals surface area contributed by atoms with E-state index in [1.807, 2.05) is 13.8 Å². The lowest BCUT2D eigenvalue weighted by atomic mass is 10.1. The molecular weight excluding hydrogens is 349 g/mol. The first-order chi connectivity index (χ1) is 13.0. The maximum atomic E-state index is 13.9. The van der Waals surface area contributed by atoms with Crippen LogP contribution in [0.5, 0.6) is 17.2 Å². The number of halogens is 1. The molecule has 0 amide bonds. The van der Waals surface area contributed by atoms with E-state index in [1.54, 1.807) is 30.3 Å². The Kier molecular flexibility index (Phi) is 7.28. The first kappa shape index (κ1) is 20.4. The van der Waals surface area contributed by atoms with Crippen molar-refractivity contribution < 1.29 is 19.0 Å². The highest BCUT2D eigenvalue weighted by atomic mass is 19.1. The van der Waals surface area contributed by atoms with Gasteiger partial charge in [0.1, 0.15) is 0 Å². The standard InChI is InChI=1S/C20H26FN3O3/c1-5-22-20(23-12-15-7-6-8-18(27-4)19(15)25)24-13(2)14-9-10-17(26-3)16(21)11-14/h6-11,13,25H,5,12H2,1-4H3,(H2,22,23,24). The number of methoxy groups -OCH3 is 2. The normalized spacial score (nSPS) is 12.4. The van der Waals surface area contributed by atoms with Gasteiger partial charge in [0.05, 0.1) is 26.8 Å². The van der Waals surface area contributed by atoms with Crippen molar-refractivity contribution in [3.63, 3.8) is 0 Å². The molecule has 7 heteroatoms. The van der Waals surface area contributed by atoms with Crippen molar-refractivity contribution in [1.82, 2.24) is 10.6 Å². The van der Waals surface area contributed by atoms with Crippen LogP contribution in [0, 0.1) is 5.82 Å². The number of para-hydroxylation sites is 1. The summed E-state index contributed by atoms with van der Waals surface area (Å²) in [7, 11) is 2.94. The minimum absolute atomic E-state index is 0.0740. The highest BCUT2D eigenvalue weighted by molar-refractivity contribution is 5.80. The van der Waals surface area contributed by atoms with Gasteiger partial charge in [0.15, 0.2) is 29.0 Å². The summed E-state index contributed by atoms with van der Waals surface area (Å²) in [5, 5.41) is 16.6. The number of hydrogen-bond acceptors (Lipinski definition) is 4. The predicted molar refractivity (Wildman–Crippen MR) is 104 cm³/mol. The van der Waals surface area contributed by atoms with Gasteiger partial charge in [-0.1, -0.05) is 18.2 Å². The molecule has 0 aromatic heterocycles. The lowest BCUT2D eigenvalue weighted by Gasteiger charge is -2.19. The molecule has 146 valence electrons. The number of aliphatic imine (C=N–C) groups is 1. The maximum Gasteiger partial charge on any atom is 0.192 e. The fourth-order valence-electron chi connectivity index (χ4n) is 2.58. The number of guanidine groups is 1. The minimum Gasteiger partial charge on any atom is -0.504 e. The van der Waals surface area contributed by atoms with E-state index in [1.165, 1.54) is 20.3 Å². The van der Waals surface area contributed by atoms with Gasteiger partial charge in [-0.2, -0.15) is 0 Å². The number of aromatic hydroxyl groups is 1. The van der Waals surface area contributed by atoms with E-state index in [0.717, 1.165) is 5.56 Å². The zero-order valence-electron chi connectivity index (χ0n) is 16.0. The largest absolute Gasteiger partial charge is 0.504 e. The smallest absolute Gasteiger partial charge is 0.192 e. The summed E-state index contributed by atoms with van der Waals surface area (Å²) in [5.74, 6) is 0.836. The van der Waals surface area contributed by atoms with Crippen molar-refractivity contribution in [2.24, 2.45) is 4.99 Å². The first-order valence-corrected chi connectivity index (χ1v) is 8.73. The summed E-state index contributed by atoms with van der Waals surface area (Å²) < 4.78 is 24.0. The molecular formula is C20H26FN3O3. The fraction of sp³-hybridized carbons (Fsp3) is 0.350. The molecule has 0 spiro atoms. The van der Waals surface area contributed by atoms with Crippen LogP contribution in [0.25, 0.3) is 0 Å². The quantitative estimate of drug-likeness (QED) is 0.511. The van der Waals surface area contributed by atoms with Crippen molar-refractivity contribution >= 4 is 5.96 Å². The Morgan fingerprint density at radius 1 is 1.19 bits per heavy atom. The Balaban J connectivity index is 2.14. The third kappa shape index (κ3) is 5.26. The molecule has 0 heterocycles. The molecule has 3 N–H and O–H groups in total. The molecule has 0 aliphatic rings. The topological polar surface area (TPSA) is 75.1 Å². The lowest BCUT2D eigenvalue weighted by Crippen LogP contribution is -2.38. The molecule has 27 heavy (non-hydrogen) atoms. The minimum atomic E-state index is -0.410. The number of ether oxygens (including phenoxy) is 2. The molecule has 6 nitrogen and oxygen atoms in total. The van der Waals surface area contributed by atoms with Gasteiger partial charge >= 0.3 is 0 Å². The maximum absolute atomic E-state index is 13.9. The van der Waals surface area contributed by atoms with Crippen molar-refractivity contribution in [1.29, 1.82) is 0 Å². The summed E-state index contributed by atoms with van der Waals surface area (Å²) in [6.45, 7) is 4.80. The van der Waals surface area contributed by atoms with Gasteiger partial charge in [-0.15, -0.1) is 0 Å². The summed E-state index contributed by atoms with van der Waals surface area (Å²) in [6.07, 6.45) is 0. The number of phenols is 1. The van der Waals surface area contributed by atoms with Gasteiger partial charge < -0.3 is 25.2 Å². The Labute approximate surface area is 159 Å². The summed E-state index contributed by atoms with van der Waals surface area (Å²) in [5.41, 5.74) is 1.41. The number of rotatable bonds is 7. The Morgan fingerprint density at radius 3 is 2.56 bits per heavy atom. The number of nitrogens with zero attached hydrogens (tertiary/aromatic N) is 1. The van der Waals surface area contributed by atoms with Crippen LogP contribution < -0.4 is 20.1 Å². The van der Waals surface area contributed by atoms with Gasteiger partial charge in [0.25, 0.3) is 0 Å². The van der Waals surface area contributed by atoms with E-state index >= 15 is 0 Å². The molecule has 2 aromatic carbocycles. The summed E-state index contributed by atoms with van der Waals surface area (Å²) >= 11 is 0. The van der Waals surface area contributed by atoms with Crippen molar-refractivity contribution in [2.45, 2.75) is 26.4 Å². The van der Waals surface area contributed by atoms with Gasteiger partial charge in [-0.05, 0) is 37.6 Å². The SMILES string of the molecule is CCNC(=NCc1cccc(OC)c1O)NC(C)c1ccc(OC)c(F)c1. The van der Waals surface area contributed by atoms with Gasteiger partial charge in [0.2, 0.25) is 0 Å². The van der Waals surface area contributed by atoms with E-state index in [2.05, 4.69) is 15.6 Å². The van der Waals surface area contributed by atoms with Crippen LogP contribution in [0.2, 0.25) is 0 Å². The average Bonchev–Trinajstić information content (AvgIpc) is 2.67. The highest BCUT2D eigenvalue weighted by Crippen LogP contribution is 2.29. The second-order valence-electron chi connectivity index (χ2n) is 5.92. The Hall–Kier alpha value is -2.96. The number of benzene rings is 2. The van der Waals surface area contributed by atoms with Crippen LogP contribution in [-0.4, -0.2) is 31.8 Å². The monoisotopic (exact) mass is 375 g/mol. The van der Waals surface area contributed by atoms with Crippen LogP contribution in [0.4, 0.5) is 4.39 Å². The molecule has 0 saturated carbocycles. The molecule has 0 fully saturated rings. The molecule has 0 saturated heterocycles. The zero-order valence-corrected chi connectivity index (χ0v) is 16.0. The average molecular weight is 375 g/mol. The van der Waals surface area contributed by atoms with Crippen molar-refractivity contribution in [2.75, 3.05) is 20.8 Å². The molecule has 0 aliphatic carbocycles.